The number of aromatic hydroxyl groups is 1. The van der Waals surface area contributed by atoms with Crippen molar-refractivity contribution in [1.29, 1.82) is 0 Å². The zero-order chi connectivity index (χ0) is 8.43. The maximum atomic E-state index is 12.7. The Labute approximate surface area is 64.8 Å². The molecule has 0 unspecified atom stereocenters. The standard InChI is InChI=1S/C9H9FO/c1-3-7-4-6(2)9(11)8(10)5-7/h3-5,11H,1H2,2H3. The maximum absolute atomic E-state index is 12.7. The minimum Gasteiger partial charge on any atom is -0.505 e. The summed E-state index contributed by atoms with van der Waals surface area (Å²) in [5.41, 5.74) is 1.21. The molecule has 1 aromatic carbocycles. The van der Waals surface area contributed by atoms with Gasteiger partial charge >= 0.3 is 0 Å². The zero-order valence-electron chi connectivity index (χ0n) is 6.26. The Morgan fingerprint density at radius 2 is 2.18 bits per heavy atom. The number of hydrogen-bond acceptors (Lipinski definition) is 1. The number of phenolic OH excluding ortho intramolecular Hbond substituents is 1. The van der Waals surface area contributed by atoms with E-state index in [-0.39, 0.29) is 5.75 Å². The number of hydrogen-bond donors (Lipinski definition) is 1. The van der Waals surface area contributed by atoms with Gasteiger partial charge in [0.2, 0.25) is 0 Å². The van der Waals surface area contributed by atoms with Gasteiger partial charge in [-0.1, -0.05) is 12.7 Å². The van der Waals surface area contributed by atoms with E-state index < -0.39 is 5.82 Å². The van der Waals surface area contributed by atoms with Gasteiger partial charge in [-0.25, -0.2) is 4.39 Å². The van der Waals surface area contributed by atoms with E-state index in [4.69, 9.17) is 5.11 Å². The highest BCUT2D eigenvalue weighted by molar-refractivity contribution is 5.51. The van der Waals surface area contributed by atoms with Crippen LogP contribution in [0.2, 0.25) is 0 Å². The second kappa shape index (κ2) is 2.74. The molecule has 1 nitrogen and oxygen atoms in total. The molecule has 0 saturated carbocycles. The topological polar surface area (TPSA) is 20.2 Å². The number of benzene rings is 1. The molecule has 0 aliphatic rings. The van der Waals surface area contributed by atoms with E-state index in [1.807, 2.05) is 0 Å². The van der Waals surface area contributed by atoms with Crippen molar-refractivity contribution in [2.75, 3.05) is 0 Å². The smallest absolute Gasteiger partial charge is 0.165 e. The summed E-state index contributed by atoms with van der Waals surface area (Å²) >= 11 is 0. The van der Waals surface area contributed by atoms with Gasteiger partial charge in [-0.15, -0.1) is 0 Å². The lowest BCUT2D eigenvalue weighted by Crippen LogP contribution is -1.83. The Bertz CT molecular complexity index is 269. The minimum atomic E-state index is -0.597. The first-order chi connectivity index (χ1) is 5.15. The van der Waals surface area contributed by atoms with Crippen LogP contribution in [0.1, 0.15) is 11.1 Å². The summed E-state index contributed by atoms with van der Waals surface area (Å²) in [6, 6.07) is 2.92. The minimum absolute atomic E-state index is 0.282. The van der Waals surface area contributed by atoms with E-state index in [1.54, 1.807) is 13.0 Å². The molecule has 2 heteroatoms. The number of rotatable bonds is 1. The first-order valence-electron chi connectivity index (χ1n) is 3.26. The van der Waals surface area contributed by atoms with Crippen molar-refractivity contribution in [3.8, 4) is 5.75 Å². The second-order valence-corrected chi connectivity index (χ2v) is 2.37. The van der Waals surface area contributed by atoms with Crippen LogP contribution in [-0.2, 0) is 0 Å². The fourth-order valence-electron chi connectivity index (χ4n) is 0.881. The van der Waals surface area contributed by atoms with Gasteiger partial charge in [0.25, 0.3) is 0 Å². The lowest BCUT2D eigenvalue weighted by Gasteiger charge is -2.00. The Kier molecular flexibility index (Phi) is 1.94. The van der Waals surface area contributed by atoms with Gasteiger partial charge in [-0.3, -0.25) is 0 Å². The average Bonchev–Trinajstić information content (AvgIpc) is 1.99. The summed E-state index contributed by atoms with van der Waals surface area (Å²) in [6.07, 6.45) is 1.54. The van der Waals surface area contributed by atoms with Crippen LogP contribution in [0.4, 0.5) is 4.39 Å². The van der Waals surface area contributed by atoms with Crippen molar-refractivity contribution < 1.29 is 9.50 Å². The van der Waals surface area contributed by atoms with Crippen molar-refractivity contribution in [1.82, 2.24) is 0 Å². The van der Waals surface area contributed by atoms with E-state index in [0.29, 0.717) is 11.1 Å². The molecule has 58 valence electrons. The summed E-state index contributed by atoms with van der Waals surface area (Å²) in [5, 5.41) is 9.02. The molecule has 0 aromatic heterocycles. The molecule has 0 bridgehead atoms. The third kappa shape index (κ3) is 1.40. The SMILES string of the molecule is C=Cc1cc(C)c(O)c(F)c1. The summed E-state index contributed by atoms with van der Waals surface area (Å²) in [5.74, 6) is -0.879. The molecule has 1 N–H and O–H groups in total. The Morgan fingerprint density at radius 3 is 2.64 bits per heavy atom. The van der Waals surface area contributed by atoms with E-state index >= 15 is 0 Å². The maximum Gasteiger partial charge on any atom is 0.165 e. The van der Waals surface area contributed by atoms with Crippen molar-refractivity contribution in [3.05, 3.63) is 35.7 Å². The molecule has 0 radical (unpaired) electrons. The third-order valence-electron chi connectivity index (χ3n) is 1.51. The lowest BCUT2D eigenvalue weighted by molar-refractivity contribution is 0.428. The molecule has 0 aliphatic carbocycles. The van der Waals surface area contributed by atoms with Crippen LogP contribution in [0.5, 0.6) is 5.75 Å². The zero-order valence-corrected chi connectivity index (χ0v) is 6.26. The Balaban J connectivity index is 3.31. The molecule has 0 amide bonds. The molecule has 0 spiro atoms. The summed E-state index contributed by atoms with van der Waals surface area (Å²) < 4.78 is 12.7. The van der Waals surface area contributed by atoms with Gasteiger partial charge in [-0.05, 0) is 30.2 Å². The predicted molar refractivity (Wildman–Crippen MR) is 42.9 cm³/mol. The lowest BCUT2D eigenvalue weighted by atomic mass is 10.1. The first-order valence-corrected chi connectivity index (χ1v) is 3.26. The molecule has 0 saturated heterocycles. The first kappa shape index (κ1) is 7.79. The highest BCUT2D eigenvalue weighted by Crippen LogP contribution is 2.22. The van der Waals surface area contributed by atoms with E-state index in [0.717, 1.165) is 0 Å². The quantitative estimate of drug-likeness (QED) is 0.655. The van der Waals surface area contributed by atoms with Gasteiger partial charge in [0.05, 0.1) is 0 Å². The second-order valence-electron chi connectivity index (χ2n) is 2.37. The van der Waals surface area contributed by atoms with E-state index in [1.165, 1.54) is 12.1 Å². The average molecular weight is 152 g/mol. The monoisotopic (exact) mass is 152 g/mol. The molecule has 0 fully saturated rings. The number of halogens is 1. The number of aryl methyl sites for hydroxylation is 1. The summed E-state index contributed by atoms with van der Waals surface area (Å²) in [4.78, 5) is 0. The molecule has 1 aromatic rings. The van der Waals surface area contributed by atoms with Crippen LogP contribution >= 0.6 is 0 Å². The summed E-state index contributed by atoms with van der Waals surface area (Å²) in [7, 11) is 0. The molecule has 0 atom stereocenters. The Morgan fingerprint density at radius 1 is 1.55 bits per heavy atom. The van der Waals surface area contributed by atoms with E-state index in [2.05, 4.69) is 6.58 Å². The highest BCUT2D eigenvalue weighted by atomic mass is 19.1. The van der Waals surface area contributed by atoms with Crippen molar-refractivity contribution in [2.24, 2.45) is 0 Å². The van der Waals surface area contributed by atoms with Crippen LogP contribution in [0, 0.1) is 12.7 Å². The van der Waals surface area contributed by atoms with Gasteiger partial charge in [-0.2, -0.15) is 0 Å². The van der Waals surface area contributed by atoms with Crippen LogP contribution in [0.25, 0.3) is 6.08 Å². The molecule has 0 heterocycles. The fraction of sp³-hybridized carbons (Fsp3) is 0.111. The van der Waals surface area contributed by atoms with Gasteiger partial charge in [0, 0.05) is 0 Å². The molecule has 11 heavy (non-hydrogen) atoms. The molecular weight excluding hydrogens is 143 g/mol. The van der Waals surface area contributed by atoms with Crippen LogP contribution in [-0.4, -0.2) is 5.11 Å². The van der Waals surface area contributed by atoms with Crippen molar-refractivity contribution >= 4 is 6.08 Å². The third-order valence-corrected chi connectivity index (χ3v) is 1.51. The van der Waals surface area contributed by atoms with Crippen molar-refractivity contribution in [3.63, 3.8) is 0 Å². The van der Waals surface area contributed by atoms with Crippen LogP contribution in [0.3, 0.4) is 0 Å². The van der Waals surface area contributed by atoms with Gasteiger partial charge < -0.3 is 5.11 Å². The van der Waals surface area contributed by atoms with Crippen LogP contribution in [0.15, 0.2) is 18.7 Å². The highest BCUT2D eigenvalue weighted by Gasteiger charge is 2.03. The van der Waals surface area contributed by atoms with Crippen molar-refractivity contribution in [2.45, 2.75) is 6.92 Å². The predicted octanol–water partition coefficient (Wildman–Crippen LogP) is 2.48. The van der Waals surface area contributed by atoms with Gasteiger partial charge in [0.1, 0.15) is 0 Å². The number of phenols is 1. The normalized spacial score (nSPS) is 9.64. The van der Waals surface area contributed by atoms with Crippen LogP contribution < -0.4 is 0 Å². The van der Waals surface area contributed by atoms with Gasteiger partial charge in [0.15, 0.2) is 11.6 Å². The fourth-order valence-corrected chi connectivity index (χ4v) is 0.881. The molecule has 0 aliphatic heterocycles. The van der Waals surface area contributed by atoms with E-state index in [9.17, 15) is 4.39 Å². The largest absolute Gasteiger partial charge is 0.505 e. The Hall–Kier alpha value is -1.31. The summed E-state index contributed by atoms with van der Waals surface area (Å²) in [6.45, 7) is 5.14. The molecular formula is C9H9FO. The molecule has 1 rings (SSSR count).